The first-order chi connectivity index (χ1) is 8.36. The lowest BCUT2D eigenvalue weighted by atomic mass is 9.72. The highest BCUT2D eigenvalue weighted by molar-refractivity contribution is 6.01. The number of halogens is 1. The molecule has 1 aliphatic rings. The number of carbonyl (C=O) groups excluding carboxylic acids is 2. The van der Waals surface area contributed by atoms with Crippen LogP contribution in [0, 0.1) is 5.82 Å². The summed E-state index contributed by atoms with van der Waals surface area (Å²) >= 11 is 0. The molecule has 18 heavy (non-hydrogen) atoms. The maximum absolute atomic E-state index is 13.9. The van der Waals surface area contributed by atoms with Crippen molar-refractivity contribution in [3.05, 3.63) is 34.6 Å². The van der Waals surface area contributed by atoms with E-state index in [1.807, 2.05) is 13.8 Å². The molecule has 0 atom stereocenters. The van der Waals surface area contributed by atoms with Gasteiger partial charge in [-0.05, 0) is 29.5 Å². The topological polar surface area (TPSA) is 43.4 Å². The van der Waals surface area contributed by atoms with Crippen molar-refractivity contribution in [1.82, 2.24) is 0 Å². The van der Waals surface area contributed by atoms with Gasteiger partial charge in [0.15, 0.2) is 5.78 Å². The Balaban J connectivity index is 2.64. The van der Waals surface area contributed by atoms with Crippen molar-refractivity contribution < 1.29 is 18.7 Å². The molecule has 96 valence electrons. The predicted octanol–water partition coefficient (Wildman–Crippen LogP) is 2.87. The molecule has 2 rings (SSSR count). The molecule has 1 aliphatic carbocycles. The van der Waals surface area contributed by atoms with E-state index in [0.717, 1.165) is 0 Å². The highest BCUT2D eigenvalue weighted by Gasteiger charge is 2.33. The molecule has 1 aromatic carbocycles. The van der Waals surface area contributed by atoms with Crippen LogP contribution in [0.15, 0.2) is 12.1 Å². The number of hydrogen-bond acceptors (Lipinski definition) is 3. The first-order valence-corrected chi connectivity index (χ1v) is 5.82. The third kappa shape index (κ3) is 1.92. The number of esters is 1. The quantitative estimate of drug-likeness (QED) is 0.720. The second kappa shape index (κ2) is 4.19. The van der Waals surface area contributed by atoms with Gasteiger partial charge < -0.3 is 4.74 Å². The highest BCUT2D eigenvalue weighted by Crippen LogP contribution is 2.37. The van der Waals surface area contributed by atoms with Gasteiger partial charge in [-0.3, -0.25) is 4.79 Å². The minimum absolute atomic E-state index is 0.0468. The van der Waals surface area contributed by atoms with Gasteiger partial charge in [-0.2, -0.15) is 0 Å². The Kier molecular flexibility index (Phi) is 2.97. The van der Waals surface area contributed by atoms with Crippen molar-refractivity contribution >= 4 is 11.8 Å². The van der Waals surface area contributed by atoms with Crippen molar-refractivity contribution in [1.29, 1.82) is 0 Å². The monoisotopic (exact) mass is 250 g/mol. The number of ether oxygens (including phenoxy) is 1. The molecule has 0 aromatic heterocycles. The van der Waals surface area contributed by atoms with E-state index in [2.05, 4.69) is 4.74 Å². The average Bonchev–Trinajstić information content (AvgIpc) is 2.33. The maximum Gasteiger partial charge on any atom is 0.340 e. The molecule has 0 amide bonds. The molecule has 0 heterocycles. The number of ketones is 1. The molecular weight excluding hydrogens is 235 g/mol. The van der Waals surface area contributed by atoms with Crippen molar-refractivity contribution in [3.8, 4) is 0 Å². The van der Waals surface area contributed by atoms with Crippen LogP contribution in [-0.4, -0.2) is 18.9 Å². The van der Waals surface area contributed by atoms with E-state index in [9.17, 15) is 14.0 Å². The second-order valence-corrected chi connectivity index (χ2v) is 5.18. The highest BCUT2D eigenvalue weighted by atomic mass is 19.1. The van der Waals surface area contributed by atoms with Crippen LogP contribution in [0.2, 0.25) is 0 Å². The summed E-state index contributed by atoms with van der Waals surface area (Å²) in [5.74, 6) is -1.44. The standard InChI is InChI=1S/C14H15FO3/c1-14(2)5-4-12(16)8-6-9(13(17)18-3)11(15)7-10(8)14/h6-7H,4-5H2,1-3H3. The van der Waals surface area contributed by atoms with Gasteiger partial charge in [0.25, 0.3) is 0 Å². The molecule has 0 unspecified atom stereocenters. The molecule has 0 saturated carbocycles. The van der Waals surface area contributed by atoms with Crippen LogP contribution < -0.4 is 0 Å². The summed E-state index contributed by atoms with van der Waals surface area (Å²) in [6, 6.07) is 2.61. The number of methoxy groups -OCH3 is 1. The summed E-state index contributed by atoms with van der Waals surface area (Å²) in [7, 11) is 1.19. The van der Waals surface area contributed by atoms with Gasteiger partial charge in [0, 0.05) is 12.0 Å². The van der Waals surface area contributed by atoms with Crippen LogP contribution in [0.4, 0.5) is 4.39 Å². The van der Waals surface area contributed by atoms with Crippen LogP contribution in [0.3, 0.4) is 0 Å². The molecule has 0 aliphatic heterocycles. The van der Waals surface area contributed by atoms with Gasteiger partial charge in [0.05, 0.1) is 12.7 Å². The summed E-state index contributed by atoms with van der Waals surface area (Å²) in [4.78, 5) is 23.3. The Morgan fingerprint density at radius 3 is 2.67 bits per heavy atom. The molecule has 4 heteroatoms. The lowest BCUT2D eigenvalue weighted by Gasteiger charge is -2.31. The second-order valence-electron chi connectivity index (χ2n) is 5.18. The number of carbonyl (C=O) groups is 2. The number of Topliss-reactive ketones (excluding diaryl/α,β-unsaturated/α-hetero) is 1. The fourth-order valence-corrected chi connectivity index (χ4v) is 2.33. The molecular formula is C14H15FO3. The van der Waals surface area contributed by atoms with Crippen molar-refractivity contribution in [2.24, 2.45) is 0 Å². The van der Waals surface area contributed by atoms with Crippen LogP contribution >= 0.6 is 0 Å². The maximum atomic E-state index is 13.9. The van der Waals surface area contributed by atoms with Gasteiger partial charge in [0.1, 0.15) is 5.82 Å². The summed E-state index contributed by atoms with van der Waals surface area (Å²) in [6.07, 6.45) is 1.11. The minimum atomic E-state index is -0.758. The summed E-state index contributed by atoms with van der Waals surface area (Å²) < 4.78 is 18.4. The van der Waals surface area contributed by atoms with Gasteiger partial charge in [-0.1, -0.05) is 13.8 Å². The fourth-order valence-electron chi connectivity index (χ4n) is 2.33. The average molecular weight is 250 g/mol. The molecule has 0 fully saturated rings. The zero-order valence-corrected chi connectivity index (χ0v) is 10.7. The van der Waals surface area contributed by atoms with Crippen molar-refractivity contribution in [2.75, 3.05) is 7.11 Å². The van der Waals surface area contributed by atoms with Gasteiger partial charge in [-0.15, -0.1) is 0 Å². The zero-order valence-electron chi connectivity index (χ0n) is 10.7. The number of fused-ring (bicyclic) bond motifs is 1. The van der Waals surface area contributed by atoms with Crippen LogP contribution in [0.25, 0.3) is 0 Å². The number of rotatable bonds is 1. The van der Waals surface area contributed by atoms with Gasteiger partial charge in [-0.25, -0.2) is 9.18 Å². The van der Waals surface area contributed by atoms with Crippen molar-refractivity contribution in [3.63, 3.8) is 0 Å². The van der Waals surface area contributed by atoms with Gasteiger partial charge in [0.2, 0.25) is 0 Å². The zero-order chi connectivity index (χ0) is 13.5. The van der Waals surface area contributed by atoms with E-state index in [-0.39, 0.29) is 16.8 Å². The van der Waals surface area contributed by atoms with Crippen LogP contribution in [-0.2, 0) is 10.2 Å². The number of benzene rings is 1. The minimum Gasteiger partial charge on any atom is -0.465 e. The lowest BCUT2D eigenvalue weighted by Crippen LogP contribution is -2.28. The van der Waals surface area contributed by atoms with Crippen molar-refractivity contribution in [2.45, 2.75) is 32.1 Å². The lowest BCUT2D eigenvalue weighted by molar-refractivity contribution is 0.0595. The summed E-state index contributed by atoms with van der Waals surface area (Å²) in [6.45, 7) is 3.94. The van der Waals surface area contributed by atoms with E-state index in [1.54, 1.807) is 0 Å². The van der Waals surface area contributed by atoms with E-state index < -0.39 is 11.8 Å². The predicted molar refractivity (Wildman–Crippen MR) is 64.3 cm³/mol. The Bertz CT molecular complexity index is 532. The molecule has 0 bridgehead atoms. The van der Waals surface area contributed by atoms with Crippen LogP contribution in [0.1, 0.15) is 53.0 Å². The van der Waals surface area contributed by atoms with E-state index >= 15 is 0 Å². The first-order valence-electron chi connectivity index (χ1n) is 5.82. The summed E-state index contributed by atoms with van der Waals surface area (Å²) in [5, 5.41) is 0. The Hall–Kier alpha value is -1.71. The Morgan fingerprint density at radius 2 is 2.06 bits per heavy atom. The SMILES string of the molecule is COC(=O)c1cc2c(cc1F)C(C)(C)CCC2=O. The molecule has 0 N–H and O–H groups in total. The first kappa shape index (κ1) is 12.7. The van der Waals surface area contributed by atoms with E-state index in [1.165, 1.54) is 19.2 Å². The molecule has 0 saturated heterocycles. The largest absolute Gasteiger partial charge is 0.465 e. The van der Waals surface area contributed by atoms with E-state index in [0.29, 0.717) is 24.0 Å². The normalized spacial score (nSPS) is 17.2. The molecule has 1 aromatic rings. The summed E-state index contributed by atoms with van der Waals surface area (Å²) in [5.41, 5.74) is 0.679. The molecule has 3 nitrogen and oxygen atoms in total. The van der Waals surface area contributed by atoms with E-state index in [4.69, 9.17) is 0 Å². The third-order valence-corrected chi connectivity index (χ3v) is 3.52. The smallest absolute Gasteiger partial charge is 0.340 e. The fraction of sp³-hybridized carbons (Fsp3) is 0.429. The Morgan fingerprint density at radius 1 is 1.39 bits per heavy atom. The molecule has 0 spiro atoms. The Labute approximate surface area is 105 Å². The van der Waals surface area contributed by atoms with Crippen LogP contribution in [0.5, 0.6) is 0 Å². The van der Waals surface area contributed by atoms with Gasteiger partial charge >= 0.3 is 5.97 Å². The third-order valence-electron chi connectivity index (χ3n) is 3.52. The molecule has 0 radical (unpaired) electrons. The number of hydrogen-bond donors (Lipinski definition) is 0.